The summed E-state index contributed by atoms with van der Waals surface area (Å²) in [5.74, 6) is 0. The number of methoxy groups -OCH3 is 2. The molecule has 0 bridgehead atoms. The van der Waals surface area contributed by atoms with Gasteiger partial charge in [-0.25, -0.2) is 0 Å². The molecule has 0 fully saturated rings. The van der Waals surface area contributed by atoms with E-state index in [9.17, 15) is 0 Å². The Morgan fingerprint density at radius 1 is 1.39 bits per heavy atom. The third kappa shape index (κ3) is 4.62. The summed E-state index contributed by atoms with van der Waals surface area (Å²) in [4.78, 5) is 2.68. The van der Waals surface area contributed by atoms with E-state index in [0.717, 1.165) is 18.7 Å². The number of hydrogen-bond donors (Lipinski definition) is 1. The van der Waals surface area contributed by atoms with E-state index in [1.54, 1.807) is 25.6 Å². The van der Waals surface area contributed by atoms with Crippen LogP contribution in [0.1, 0.15) is 11.6 Å². The van der Waals surface area contributed by atoms with Crippen LogP contribution in [0.25, 0.3) is 0 Å². The van der Waals surface area contributed by atoms with E-state index in [1.807, 2.05) is 5.38 Å². The molecule has 1 aromatic heterocycles. The summed E-state index contributed by atoms with van der Waals surface area (Å²) < 4.78 is 10.3. The third-order valence-corrected chi connectivity index (χ3v) is 3.58. The van der Waals surface area contributed by atoms with E-state index < -0.39 is 0 Å². The normalized spacial score (nSPS) is 12.8. The molecule has 0 aliphatic rings. The van der Waals surface area contributed by atoms with Crippen molar-refractivity contribution < 1.29 is 9.47 Å². The standard InChI is InChI=1S/C12H20N2O2S2/c1-15-6-4-14(5-7-16-2)11(12(13)17)10-3-8-18-9-10/h3,8-9,11H,4-7H2,1-2H3,(H2,13,17). The van der Waals surface area contributed by atoms with Crippen LogP contribution in [-0.2, 0) is 9.47 Å². The number of thiocarbonyl (C=S) groups is 1. The van der Waals surface area contributed by atoms with E-state index in [0.29, 0.717) is 18.2 Å². The van der Waals surface area contributed by atoms with Crippen molar-refractivity contribution in [3.05, 3.63) is 22.4 Å². The van der Waals surface area contributed by atoms with Crippen molar-refractivity contribution >= 4 is 28.5 Å². The number of ether oxygens (including phenoxy) is 2. The first-order valence-corrected chi connectivity index (χ1v) is 7.09. The molecular weight excluding hydrogens is 268 g/mol. The fourth-order valence-corrected chi connectivity index (χ4v) is 2.74. The molecule has 1 atom stereocenters. The second kappa shape index (κ2) is 8.55. The average molecular weight is 288 g/mol. The minimum absolute atomic E-state index is 0.0449. The summed E-state index contributed by atoms with van der Waals surface area (Å²) >= 11 is 6.85. The molecule has 2 N–H and O–H groups in total. The van der Waals surface area contributed by atoms with Gasteiger partial charge in [0.2, 0.25) is 0 Å². The van der Waals surface area contributed by atoms with E-state index in [-0.39, 0.29) is 6.04 Å². The van der Waals surface area contributed by atoms with Gasteiger partial charge in [0, 0.05) is 27.3 Å². The molecule has 0 aliphatic heterocycles. The molecule has 0 saturated heterocycles. The van der Waals surface area contributed by atoms with Gasteiger partial charge in [-0.2, -0.15) is 11.3 Å². The van der Waals surface area contributed by atoms with Gasteiger partial charge in [0.15, 0.2) is 0 Å². The molecule has 0 aliphatic carbocycles. The lowest BCUT2D eigenvalue weighted by Gasteiger charge is -2.30. The number of nitrogens with two attached hydrogens (primary N) is 1. The number of nitrogens with zero attached hydrogens (tertiary/aromatic N) is 1. The Bertz CT molecular complexity index is 336. The quantitative estimate of drug-likeness (QED) is 0.701. The Balaban J connectivity index is 2.79. The third-order valence-electron chi connectivity index (χ3n) is 2.66. The SMILES string of the molecule is COCCN(CCOC)C(C(N)=S)c1ccsc1. The molecule has 0 aromatic carbocycles. The molecule has 102 valence electrons. The van der Waals surface area contributed by atoms with E-state index in [1.165, 1.54) is 0 Å². The minimum atomic E-state index is -0.0449. The zero-order chi connectivity index (χ0) is 13.4. The highest BCUT2D eigenvalue weighted by Crippen LogP contribution is 2.23. The molecule has 18 heavy (non-hydrogen) atoms. The second-order valence-corrected chi connectivity index (χ2v) is 5.13. The molecule has 6 heteroatoms. The topological polar surface area (TPSA) is 47.7 Å². The first-order chi connectivity index (χ1) is 8.70. The smallest absolute Gasteiger partial charge is 0.0948 e. The maximum atomic E-state index is 5.89. The van der Waals surface area contributed by atoms with Crippen molar-refractivity contribution in [2.24, 2.45) is 5.73 Å². The van der Waals surface area contributed by atoms with Gasteiger partial charge in [0.25, 0.3) is 0 Å². The summed E-state index contributed by atoms with van der Waals surface area (Å²) in [7, 11) is 3.38. The van der Waals surface area contributed by atoms with Crippen LogP contribution in [0.3, 0.4) is 0 Å². The van der Waals surface area contributed by atoms with Crippen molar-refractivity contribution in [1.82, 2.24) is 4.90 Å². The van der Waals surface area contributed by atoms with Crippen molar-refractivity contribution in [3.8, 4) is 0 Å². The Morgan fingerprint density at radius 2 is 2.00 bits per heavy atom. The van der Waals surface area contributed by atoms with E-state index in [2.05, 4.69) is 16.3 Å². The largest absolute Gasteiger partial charge is 0.392 e. The molecule has 0 radical (unpaired) electrons. The molecule has 0 amide bonds. The van der Waals surface area contributed by atoms with Crippen LogP contribution < -0.4 is 5.73 Å². The predicted octanol–water partition coefficient (Wildman–Crippen LogP) is 1.67. The summed E-state index contributed by atoms with van der Waals surface area (Å²) in [5.41, 5.74) is 7.02. The Hall–Kier alpha value is -0.530. The molecule has 1 heterocycles. The maximum absolute atomic E-state index is 5.89. The van der Waals surface area contributed by atoms with Crippen LogP contribution >= 0.6 is 23.6 Å². The molecular formula is C12H20N2O2S2. The molecule has 0 saturated carbocycles. The van der Waals surface area contributed by atoms with Gasteiger partial charge in [-0.15, -0.1) is 0 Å². The summed E-state index contributed by atoms with van der Waals surface area (Å²) in [6, 6.07) is 2.01. The van der Waals surface area contributed by atoms with Crippen molar-refractivity contribution in [2.75, 3.05) is 40.5 Å². The summed E-state index contributed by atoms with van der Waals surface area (Å²) in [5, 5.41) is 4.11. The van der Waals surface area contributed by atoms with Gasteiger partial charge in [-0.1, -0.05) is 12.2 Å². The number of thiophene rings is 1. The summed E-state index contributed by atoms with van der Waals surface area (Å²) in [6.07, 6.45) is 0. The highest BCUT2D eigenvalue weighted by Gasteiger charge is 2.22. The van der Waals surface area contributed by atoms with Gasteiger partial charge < -0.3 is 15.2 Å². The molecule has 1 rings (SSSR count). The second-order valence-electron chi connectivity index (χ2n) is 3.88. The lowest BCUT2D eigenvalue weighted by Crippen LogP contribution is -2.40. The molecule has 1 unspecified atom stereocenters. The van der Waals surface area contributed by atoms with Crippen LogP contribution in [0.15, 0.2) is 16.8 Å². The molecule has 1 aromatic rings. The minimum Gasteiger partial charge on any atom is -0.392 e. The Kier molecular flexibility index (Phi) is 7.38. The fourth-order valence-electron chi connectivity index (χ4n) is 1.77. The van der Waals surface area contributed by atoms with Crippen LogP contribution in [0.2, 0.25) is 0 Å². The monoisotopic (exact) mass is 288 g/mol. The molecule has 0 spiro atoms. The van der Waals surface area contributed by atoms with Crippen LogP contribution in [0, 0.1) is 0 Å². The van der Waals surface area contributed by atoms with Crippen molar-refractivity contribution in [3.63, 3.8) is 0 Å². The van der Waals surface area contributed by atoms with E-state index >= 15 is 0 Å². The van der Waals surface area contributed by atoms with Gasteiger partial charge in [0.05, 0.1) is 24.2 Å². The number of rotatable bonds is 9. The highest BCUT2D eigenvalue weighted by molar-refractivity contribution is 7.80. The van der Waals surface area contributed by atoms with Crippen LogP contribution in [0.5, 0.6) is 0 Å². The van der Waals surface area contributed by atoms with Gasteiger partial charge in [-0.05, 0) is 22.4 Å². The first kappa shape index (κ1) is 15.5. The van der Waals surface area contributed by atoms with Gasteiger partial charge in [0.1, 0.15) is 0 Å². The average Bonchev–Trinajstić information content (AvgIpc) is 2.85. The number of hydrogen-bond acceptors (Lipinski definition) is 5. The van der Waals surface area contributed by atoms with Crippen LogP contribution in [0.4, 0.5) is 0 Å². The summed E-state index contributed by atoms with van der Waals surface area (Å²) in [6.45, 7) is 2.84. The Labute approximate surface area is 118 Å². The van der Waals surface area contributed by atoms with Crippen LogP contribution in [-0.4, -0.2) is 50.4 Å². The highest BCUT2D eigenvalue weighted by atomic mass is 32.1. The zero-order valence-corrected chi connectivity index (χ0v) is 12.4. The predicted molar refractivity (Wildman–Crippen MR) is 79.2 cm³/mol. The van der Waals surface area contributed by atoms with Crippen molar-refractivity contribution in [2.45, 2.75) is 6.04 Å². The lowest BCUT2D eigenvalue weighted by molar-refractivity contribution is 0.104. The van der Waals surface area contributed by atoms with E-state index in [4.69, 9.17) is 27.4 Å². The van der Waals surface area contributed by atoms with Gasteiger partial charge in [-0.3, -0.25) is 4.90 Å². The first-order valence-electron chi connectivity index (χ1n) is 5.74. The van der Waals surface area contributed by atoms with Gasteiger partial charge >= 0.3 is 0 Å². The maximum Gasteiger partial charge on any atom is 0.0948 e. The fraction of sp³-hybridized carbons (Fsp3) is 0.583. The molecule has 4 nitrogen and oxygen atoms in total. The Morgan fingerprint density at radius 3 is 2.39 bits per heavy atom. The zero-order valence-electron chi connectivity index (χ0n) is 10.8. The lowest BCUT2D eigenvalue weighted by atomic mass is 10.1. The van der Waals surface area contributed by atoms with Crippen molar-refractivity contribution in [1.29, 1.82) is 0 Å².